The van der Waals surface area contributed by atoms with Crippen molar-refractivity contribution in [1.29, 1.82) is 0 Å². The molecule has 1 aromatic heterocycles. The quantitative estimate of drug-likeness (QED) is 0.478. The normalized spacial score (nSPS) is 20.7. The fourth-order valence-electron chi connectivity index (χ4n) is 4.61. The van der Waals surface area contributed by atoms with Gasteiger partial charge in [0.15, 0.2) is 5.13 Å². The van der Waals surface area contributed by atoms with Crippen LogP contribution >= 0.6 is 22.9 Å². The zero-order valence-corrected chi connectivity index (χ0v) is 23.0. The van der Waals surface area contributed by atoms with Gasteiger partial charge in [0.2, 0.25) is 11.8 Å². The number of halogens is 1. The molecular weight excluding hydrogens is 484 g/mol. The van der Waals surface area contributed by atoms with Gasteiger partial charge < -0.3 is 20.6 Å². The van der Waals surface area contributed by atoms with Gasteiger partial charge in [-0.3, -0.25) is 9.59 Å². The fraction of sp³-hybridized carbons (Fsp3) is 0.577. The lowest BCUT2D eigenvalue weighted by Gasteiger charge is -2.51. The van der Waals surface area contributed by atoms with Crippen molar-refractivity contribution in [1.82, 2.24) is 15.2 Å². The predicted molar refractivity (Wildman–Crippen MR) is 142 cm³/mol. The SMILES string of the molecule is CC(C)NC(=O)Cc1csc(NC(C(=O)N2CCC(O)(c3ccc(Cl)cc3)C(C)(C)C2)C(C)C)n1. The molecule has 192 valence electrons. The summed E-state index contributed by atoms with van der Waals surface area (Å²) in [4.78, 5) is 32.0. The van der Waals surface area contributed by atoms with E-state index in [4.69, 9.17) is 11.6 Å². The van der Waals surface area contributed by atoms with Gasteiger partial charge in [0, 0.05) is 34.9 Å². The molecule has 3 rings (SSSR count). The zero-order valence-electron chi connectivity index (χ0n) is 21.4. The first-order valence-electron chi connectivity index (χ1n) is 12.1. The first-order chi connectivity index (χ1) is 16.3. The average molecular weight is 521 g/mol. The number of nitrogens with one attached hydrogen (secondary N) is 2. The van der Waals surface area contributed by atoms with Crippen LogP contribution in [0.5, 0.6) is 0 Å². The molecular formula is C26H37ClN4O3S. The van der Waals surface area contributed by atoms with Crippen LogP contribution in [0.1, 0.15) is 59.2 Å². The van der Waals surface area contributed by atoms with Gasteiger partial charge in [0.25, 0.3) is 0 Å². The van der Waals surface area contributed by atoms with E-state index in [0.29, 0.717) is 35.4 Å². The Morgan fingerprint density at radius 3 is 2.43 bits per heavy atom. The van der Waals surface area contributed by atoms with Crippen LogP contribution in [0.25, 0.3) is 0 Å². The van der Waals surface area contributed by atoms with Crippen LogP contribution in [0.3, 0.4) is 0 Å². The molecule has 1 saturated heterocycles. The summed E-state index contributed by atoms with van der Waals surface area (Å²) in [6, 6.07) is 6.92. The molecule has 0 spiro atoms. The summed E-state index contributed by atoms with van der Waals surface area (Å²) in [6.07, 6.45) is 0.644. The van der Waals surface area contributed by atoms with E-state index in [0.717, 1.165) is 5.56 Å². The zero-order chi connectivity index (χ0) is 26.0. The van der Waals surface area contributed by atoms with Crippen LogP contribution in [-0.2, 0) is 21.6 Å². The Kier molecular flexibility index (Phi) is 8.50. The summed E-state index contributed by atoms with van der Waals surface area (Å²) in [5, 5.41) is 20.9. The number of anilines is 1. The van der Waals surface area contributed by atoms with Crippen LogP contribution in [0.15, 0.2) is 29.6 Å². The van der Waals surface area contributed by atoms with Crippen molar-refractivity contribution in [2.75, 3.05) is 18.4 Å². The minimum absolute atomic E-state index is 0.0134. The molecule has 1 fully saturated rings. The molecule has 2 unspecified atom stereocenters. The molecule has 1 aromatic carbocycles. The minimum Gasteiger partial charge on any atom is -0.384 e. The lowest BCUT2D eigenvalue weighted by molar-refractivity contribution is -0.154. The second-order valence-corrected chi connectivity index (χ2v) is 12.0. The molecule has 2 amide bonds. The number of likely N-dealkylation sites (tertiary alicyclic amines) is 1. The molecule has 0 saturated carbocycles. The molecule has 3 N–H and O–H groups in total. The Hall–Kier alpha value is -2.16. The number of carbonyl (C=O) groups is 2. The number of thiazole rings is 1. The lowest BCUT2D eigenvalue weighted by Crippen LogP contribution is -2.59. The number of nitrogens with zero attached hydrogens (tertiary/aromatic N) is 2. The molecule has 0 aliphatic carbocycles. The Bertz CT molecular complexity index is 1040. The van der Waals surface area contributed by atoms with Crippen LogP contribution in [0, 0.1) is 11.3 Å². The molecule has 35 heavy (non-hydrogen) atoms. The molecule has 2 atom stereocenters. The van der Waals surface area contributed by atoms with E-state index in [1.165, 1.54) is 11.3 Å². The van der Waals surface area contributed by atoms with Gasteiger partial charge in [-0.1, -0.05) is 51.4 Å². The monoisotopic (exact) mass is 520 g/mol. The highest BCUT2D eigenvalue weighted by molar-refractivity contribution is 7.13. The van der Waals surface area contributed by atoms with Crippen LogP contribution in [-0.4, -0.2) is 52.0 Å². The van der Waals surface area contributed by atoms with Gasteiger partial charge in [-0.05, 0) is 43.9 Å². The van der Waals surface area contributed by atoms with E-state index in [2.05, 4.69) is 15.6 Å². The van der Waals surface area contributed by atoms with E-state index < -0.39 is 17.1 Å². The van der Waals surface area contributed by atoms with Crippen molar-refractivity contribution < 1.29 is 14.7 Å². The number of aromatic nitrogens is 1. The third-order valence-corrected chi connectivity index (χ3v) is 7.71. The van der Waals surface area contributed by atoms with Gasteiger partial charge in [-0.2, -0.15) is 0 Å². The summed E-state index contributed by atoms with van der Waals surface area (Å²) in [7, 11) is 0. The highest BCUT2D eigenvalue weighted by Gasteiger charge is 2.50. The first kappa shape index (κ1) is 27.4. The van der Waals surface area contributed by atoms with Gasteiger partial charge >= 0.3 is 0 Å². The number of amides is 2. The van der Waals surface area contributed by atoms with Crippen molar-refractivity contribution >= 4 is 39.9 Å². The fourth-order valence-corrected chi connectivity index (χ4v) is 5.48. The van der Waals surface area contributed by atoms with Gasteiger partial charge in [0.1, 0.15) is 6.04 Å². The maximum absolute atomic E-state index is 13.6. The molecule has 9 heteroatoms. The number of piperidine rings is 1. The largest absolute Gasteiger partial charge is 0.384 e. The van der Waals surface area contributed by atoms with Gasteiger partial charge in [-0.15, -0.1) is 11.3 Å². The lowest BCUT2D eigenvalue weighted by atomic mass is 9.66. The molecule has 1 aliphatic rings. The summed E-state index contributed by atoms with van der Waals surface area (Å²) in [5.74, 6) is -0.0585. The summed E-state index contributed by atoms with van der Waals surface area (Å²) < 4.78 is 0. The minimum atomic E-state index is -1.06. The van der Waals surface area contributed by atoms with Crippen molar-refractivity contribution in [2.45, 2.75) is 72.1 Å². The molecule has 2 heterocycles. The van der Waals surface area contributed by atoms with Crippen LogP contribution in [0.4, 0.5) is 5.13 Å². The topological polar surface area (TPSA) is 94.6 Å². The van der Waals surface area contributed by atoms with E-state index >= 15 is 0 Å². The van der Waals surface area contributed by atoms with E-state index in [9.17, 15) is 14.7 Å². The van der Waals surface area contributed by atoms with E-state index in [-0.39, 0.29) is 30.2 Å². The molecule has 0 radical (unpaired) electrons. The maximum Gasteiger partial charge on any atom is 0.245 e. The molecule has 0 bridgehead atoms. The Morgan fingerprint density at radius 1 is 1.20 bits per heavy atom. The number of benzene rings is 1. The number of aliphatic hydroxyl groups is 1. The van der Waals surface area contributed by atoms with Crippen molar-refractivity contribution in [3.8, 4) is 0 Å². The number of hydrogen-bond acceptors (Lipinski definition) is 6. The van der Waals surface area contributed by atoms with E-state index in [1.807, 2.05) is 64.0 Å². The Labute approximate surface area is 217 Å². The molecule has 1 aliphatic heterocycles. The van der Waals surface area contributed by atoms with Gasteiger partial charge in [0.05, 0.1) is 17.7 Å². The number of carbonyl (C=O) groups excluding carboxylic acids is 2. The first-order valence-corrected chi connectivity index (χ1v) is 13.4. The van der Waals surface area contributed by atoms with Crippen LogP contribution in [0.2, 0.25) is 5.02 Å². The standard InChI is InChI=1S/C26H37ClN4O3S/c1-16(2)22(30-24-29-20(14-35-24)13-21(32)28-17(3)4)23(33)31-12-11-26(34,25(5,6)15-31)18-7-9-19(27)10-8-18/h7-10,14,16-17,22,34H,11-13,15H2,1-6H3,(H,28,32)(H,29,30). The van der Waals surface area contributed by atoms with Crippen molar-refractivity contribution in [3.05, 3.63) is 45.9 Å². The second kappa shape index (κ2) is 10.8. The van der Waals surface area contributed by atoms with Crippen molar-refractivity contribution in [2.24, 2.45) is 11.3 Å². The molecule has 7 nitrogen and oxygen atoms in total. The summed E-state index contributed by atoms with van der Waals surface area (Å²) in [6.45, 7) is 12.7. The third-order valence-electron chi connectivity index (χ3n) is 6.64. The summed E-state index contributed by atoms with van der Waals surface area (Å²) in [5.41, 5.74) is -0.128. The third kappa shape index (κ3) is 6.35. The second-order valence-electron chi connectivity index (χ2n) is 10.7. The maximum atomic E-state index is 13.6. The highest BCUT2D eigenvalue weighted by Crippen LogP contribution is 2.46. The predicted octanol–water partition coefficient (Wildman–Crippen LogP) is 4.45. The van der Waals surface area contributed by atoms with E-state index in [1.54, 1.807) is 12.1 Å². The molecule has 2 aromatic rings. The number of hydrogen-bond donors (Lipinski definition) is 3. The van der Waals surface area contributed by atoms with Crippen LogP contribution < -0.4 is 10.6 Å². The Morgan fingerprint density at radius 2 is 1.86 bits per heavy atom. The van der Waals surface area contributed by atoms with Gasteiger partial charge in [-0.25, -0.2) is 4.98 Å². The van der Waals surface area contributed by atoms with Crippen molar-refractivity contribution in [3.63, 3.8) is 0 Å². The Balaban J connectivity index is 1.70. The summed E-state index contributed by atoms with van der Waals surface area (Å²) >= 11 is 7.44. The smallest absolute Gasteiger partial charge is 0.245 e. The number of rotatable bonds is 8. The average Bonchev–Trinajstić information content (AvgIpc) is 3.19. The highest BCUT2D eigenvalue weighted by atomic mass is 35.5.